The molecule has 0 saturated carbocycles. The average molecular weight is 953 g/mol. The van der Waals surface area contributed by atoms with Gasteiger partial charge in [0.1, 0.15) is 0 Å². The molecule has 3 aliphatic rings. The topological polar surface area (TPSA) is 185 Å². The van der Waals surface area contributed by atoms with Crippen molar-refractivity contribution in [3.05, 3.63) is 237 Å². The van der Waals surface area contributed by atoms with Gasteiger partial charge in [0.2, 0.25) is 0 Å². The summed E-state index contributed by atoms with van der Waals surface area (Å²) in [6.45, 7) is 0. The number of carbonyl (C=O) groups excluding carboxylic acids is 8. The van der Waals surface area contributed by atoms with Crippen LogP contribution in [0.2, 0.25) is 0 Å². The molecule has 0 bridgehead atoms. The number of rotatable bonds is 8. The van der Waals surface area contributed by atoms with Crippen LogP contribution in [0.1, 0.15) is 105 Å². The molecule has 12 nitrogen and oxygen atoms in total. The predicted octanol–water partition coefficient (Wildman–Crippen LogP) is 10.9. The highest BCUT2D eigenvalue weighted by molar-refractivity contribution is 8.05. The molecule has 1 heterocycles. The Balaban J connectivity index is 0.934. The Bertz CT molecular complexity index is 3670. The van der Waals surface area contributed by atoms with Crippen molar-refractivity contribution >= 4 is 93.0 Å². The van der Waals surface area contributed by atoms with Gasteiger partial charge in [-0.2, -0.15) is 0 Å². The number of nitrogens with one attached hydrogen (secondary N) is 4. The monoisotopic (exact) mass is 952 g/mol. The molecule has 0 fully saturated rings. The van der Waals surface area contributed by atoms with E-state index >= 15 is 0 Å². The summed E-state index contributed by atoms with van der Waals surface area (Å²) in [6.07, 6.45) is 0. The fourth-order valence-electron chi connectivity index (χ4n) is 8.85. The van der Waals surface area contributed by atoms with E-state index in [0.717, 1.165) is 9.79 Å². The largest absolute Gasteiger partial charge is 0.321 e. The Kier molecular flexibility index (Phi) is 11.0. The van der Waals surface area contributed by atoms with Gasteiger partial charge in [-0.05, 0) is 72.8 Å². The predicted molar refractivity (Wildman–Crippen MR) is 265 cm³/mol. The zero-order valence-electron chi connectivity index (χ0n) is 36.2. The zero-order chi connectivity index (χ0) is 48.2. The minimum absolute atomic E-state index is 0.00367. The highest BCUT2D eigenvalue weighted by Gasteiger charge is 2.37. The number of hydrogen-bond acceptors (Lipinski definition) is 10. The minimum Gasteiger partial charge on any atom is -0.321 e. The van der Waals surface area contributed by atoms with Crippen LogP contribution in [0.3, 0.4) is 0 Å². The highest BCUT2D eigenvalue weighted by atomic mass is 32.2. The molecule has 0 aromatic heterocycles. The lowest BCUT2D eigenvalue weighted by molar-refractivity contribution is 0.0975. The van der Waals surface area contributed by atoms with Crippen molar-refractivity contribution in [3.8, 4) is 0 Å². The first-order chi connectivity index (χ1) is 34.0. The quantitative estimate of drug-likeness (QED) is 0.114. The molecule has 4 amide bonds. The van der Waals surface area contributed by atoms with Crippen LogP contribution in [0.25, 0.3) is 0 Å². The molecule has 70 heavy (non-hydrogen) atoms. The van der Waals surface area contributed by atoms with E-state index in [1.807, 2.05) is 24.3 Å². The maximum atomic E-state index is 15.0. The van der Waals surface area contributed by atoms with Crippen molar-refractivity contribution in [2.24, 2.45) is 0 Å². The van der Waals surface area contributed by atoms with Gasteiger partial charge < -0.3 is 21.3 Å². The third-order valence-corrected chi connectivity index (χ3v) is 14.7. The van der Waals surface area contributed by atoms with Gasteiger partial charge in [0.15, 0.2) is 23.1 Å². The zero-order valence-corrected chi connectivity index (χ0v) is 37.9. The van der Waals surface area contributed by atoms with E-state index in [4.69, 9.17) is 0 Å². The van der Waals surface area contributed by atoms with Gasteiger partial charge in [0.05, 0.1) is 56.1 Å². The number of carbonyl (C=O) groups is 8. The third-order valence-electron chi connectivity index (χ3n) is 12.1. The van der Waals surface area contributed by atoms with Gasteiger partial charge in [-0.3, -0.25) is 38.4 Å². The van der Waals surface area contributed by atoms with Crippen molar-refractivity contribution in [1.82, 2.24) is 0 Å². The molecule has 336 valence electrons. The summed E-state index contributed by atoms with van der Waals surface area (Å²) < 4.78 is 0. The summed E-state index contributed by atoms with van der Waals surface area (Å²) in [5, 5.41) is 11.2. The maximum Gasteiger partial charge on any atom is 0.257 e. The van der Waals surface area contributed by atoms with Crippen LogP contribution < -0.4 is 21.3 Å². The lowest BCUT2D eigenvalue weighted by atomic mass is 9.82. The Morgan fingerprint density at radius 2 is 0.671 bits per heavy atom. The first kappa shape index (κ1) is 43.6. The van der Waals surface area contributed by atoms with Crippen LogP contribution in [-0.4, -0.2) is 46.8 Å². The summed E-state index contributed by atoms with van der Waals surface area (Å²) in [5.74, 6) is -4.70. The lowest BCUT2D eigenvalue weighted by Gasteiger charge is -2.25. The van der Waals surface area contributed by atoms with Crippen molar-refractivity contribution in [1.29, 1.82) is 0 Å². The Labute approximate surface area is 406 Å². The molecule has 0 radical (unpaired) electrons. The summed E-state index contributed by atoms with van der Waals surface area (Å²) >= 11 is 2.70. The van der Waals surface area contributed by atoms with Crippen molar-refractivity contribution in [3.63, 3.8) is 0 Å². The lowest BCUT2D eigenvalue weighted by Crippen LogP contribution is -2.28. The molecule has 4 N–H and O–H groups in total. The Morgan fingerprint density at radius 1 is 0.314 bits per heavy atom. The van der Waals surface area contributed by atoms with Gasteiger partial charge >= 0.3 is 0 Å². The van der Waals surface area contributed by atoms with E-state index in [9.17, 15) is 38.4 Å². The van der Waals surface area contributed by atoms with Crippen molar-refractivity contribution in [2.75, 3.05) is 21.3 Å². The number of hydrogen-bond donors (Lipinski definition) is 4. The molecule has 0 saturated heterocycles. The molecular formula is C56H32N4O8S2. The third kappa shape index (κ3) is 7.48. The van der Waals surface area contributed by atoms with E-state index in [1.165, 1.54) is 78.1 Å². The SMILES string of the molecule is O=C(Nc1cccc2c1C(=O)c1cccc(NC(=O)c3ccc4c(c3C(=O)Nc3cccc5c3C(=O)c3cccc(NC(=O)c6ccccc6)c3C5=O)Sc3ccccc3S4)c1C2=O)c1ccccc1. The number of amides is 4. The summed E-state index contributed by atoms with van der Waals surface area (Å²) in [5.41, 5.74) is 0.877. The van der Waals surface area contributed by atoms with Crippen molar-refractivity contribution in [2.45, 2.75) is 19.6 Å². The first-order valence-corrected chi connectivity index (χ1v) is 23.4. The fourth-order valence-corrected chi connectivity index (χ4v) is 11.2. The summed E-state index contributed by atoms with van der Waals surface area (Å²) in [6, 6.07) is 45.8. The highest BCUT2D eigenvalue weighted by Crippen LogP contribution is 2.51. The molecule has 0 atom stereocenters. The van der Waals surface area contributed by atoms with E-state index in [1.54, 1.807) is 91.0 Å². The maximum absolute atomic E-state index is 15.0. The van der Waals surface area contributed by atoms with E-state index in [-0.39, 0.29) is 78.4 Å². The number of ketones is 4. The van der Waals surface area contributed by atoms with Gasteiger partial charge in [-0.25, -0.2) is 0 Å². The van der Waals surface area contributed by atoms with Gasteiger partial charge in [0.25, 0.3) is 23.6 Å². The van der Waals surface area contributed by atoms with Crippen LogP contribution in [0.15, 0.2) is 189 Å². The van der Waals surface area contributed by atoms with Crippen LogP contribution in [0.5, 0.6) is 0 Å². The number of fused-ring (bicyclic) bond motifs is 6. The Hall–Kier alpha value is -8.98. The number of benzene rings is 8. The van der Waals surface area contributed by atoms with E-state index < -0.39 is 46.8 Å². The normalized spacial score (nSPS) is 12.8. The molecular weight excluding hydrogens is 921 g/mol. The molecule has 1 aliphatic heterocycles. The molecule has 8 aromatic carbocycles. The molecule has 0 spiro atoms. The molecule has 0 unspecified atom stereocenters. The number of anilines is 4. The smallest absolute Gasteiger partial charge is 0.257 e. The van der Waals surface area contributed by atoms with Crippen LogP contribution in [-0.2, 0) is 0 Å². The Morgan fingerprint density at radius 3 is 1.09 bits per heavy atom. The second kappa shape index (κ2) is 17.6. The van der Waals surface area contributed by atoms with Gasteiger partial charge in [0, 0.05) is 53.0 Å². The van der Waals surface area contributed by atoms with E-state index in [2.05, 4.69) is 21.3 Å². The molecule has 2 aliphatic carbocycles. The first-order valence-electron chi connectivity index (χ1n) is 21.7. The van der Waals surface area contributed by atoms with Crippen LogP contribution in [0, 0.1) is 0 Å². The summed E-state index contributed by atoms with van der Waals surface area (Å²) in [4.78, 5) is 116. The van der Waals surface area contributed by atoms with Crippen LogP contribution >= 0.6 is 23.5 Å². The molecule has 8 aromatic rings. The van der Waals surface area contributed by atoms with Crippen LogP contribution in [0.4, 0.5) is 22.7 Å². The van der Waals surface area contributed by atoms with Gasteiger partial charge in [-0.15, -0.1) is 0 Å². The molecule has 14 heteroatoms. The van der Waals surface area contributed by atoms with E-state index in [0.29, 0.717) is 20.9 Å². The second-order valence-corrected chi connectivity index (χ2v) is 18.4. The molecule has 11 rings (SSSR count). The average Bonchev–Trinajstić information content (AvgIpc) is 3.38. The van der Waals surface area contributed by atoms with Gasteiger partial charge in [-0.1, -0.05) is 121 Å². The summed E-state index contributed by atoms with van der Waals surface area (Å²) in [7, 11) is 0. The minimum atomic E-state index is -0.777. The fraction of sp³-hybridized carbons (Fsp3) is 0. The second-order valence-electron chi connectivity index (χ2n) is 16.2. The standard InChI is InChI=1S/C56H32N4O8S2/c61-48-33-19-11-23-38(45(33)50(63)31-17-9-21-36(43(31)48)57-53(65)29-13-3-1-4-14-29)59-55(67)35-27-28-42-52(70-41-26-8-7-25-40(41)69-42)47(35)56(68)60-39-24-12-20-34-46(39)51(64)32-18-10-22-37(44(32)49(34)62)58-54(66)30-15-5-2-6-16-30/h1-28H,(H,57,65)(H,58,66)(H,59,67)(H,60,68). The van der Waals surface area contributed by atoms with Crippen molar-refractivity contribution < 1.29 is 38.4 Å².